The summed E-state index contributed by atoms with van der Waals surface area (Å²) in [7, 11) is 1.67. The van der Waals surface area contributed by atoms with Crippen LogP contribution in [0.5, 0.6) is 0 Å². The Kier molecular flexibility index (Phi) is 4.82. The first-order chi connectivity index (χ1) is 15.8. The second-order valence-electron chi connectivity index (χ2n) is 7.69. The van der Waals surface area contributed by atoms with Crippen molar-refractivity contribution in [1.29, 1.82) is 0 Å². The van der Waals surface area contributed by atoms with Gasteiger partial charge < -0.3 is 5.11 Å². The first-order valence-corrected chi connectivity index (χ1v) is 10.1. The Morgan fingerprint density at radius 2 is 1.88 bits per heavy atom. The van der Waals surface area contributed by atoms with E-state index < -0.39 is 17.3 Å². The highest BCUT2D eigenvalue weighted by molar-refractivity contribution is 6.07. The number of aryl methyl sites for hydroxylation is 1. The minimum absolute atomic E-state index is 0.0106. The number of aliphatic hydroxyl groups excluding tert-OH is 1. The molecule has 0 aliphatic rings. The lowest BCUT2D eigenvalue weighted by Gasteiger charge is -2.09. The predicted molar refractivity (Wildman–Crippen MR) is 117 cm³/mol. The highest BCUT2D eigenvalue weighted by Gasteiger charge is 2.31. The molecular weight excluding hydrogens is 435 g/mol. The molecule has 0 atom stereocenters. The first kappa shape index (κ1) is 21.0. The van der Waals surface area contributed by atoms with Crippen LogP contribution in [0.4, 0.5) is 13.2 Å². The minimum atomic E-state index is -4.53. The normalized spacial score (nSPS) is 12.2. The molecule has 0 fully saturated rings. The van der Waals surface area contributed by atoms with Crippen molar-refractivity contribution in [3.05, 3.63) is 76.2 Å². The van der Waals surface area contributed by atoms with Crippen molar-refractivity contribution in [1.82, 2.24) is 24.5 Å². The van der Waals surface area contributed by atoms with Gasteiger partial charge in [-0.2, -0.15) is 18.3 Å². The molecule has 5 rings (SSSR count). The molecular formula is C23H18F3N5O2. The SMILES string of the molecule is Cn1ncc2c3[nH]n(-c4ccc(CCO)cc4)c(=O)c3c(-c3cccc(C(F)(F)F)c3)nc21. The number of fused-ring (bicyclic) bond motifs is 3. The van der Waals surface area contributed by atoms with Crippen LogP contribution in [0, 0.1) is 0 Å². The molecule has 168 valence electrons. The number of halogens is 3. The van der Waals surface area contributed by atoms with Crippen LogP contribution < -0.4 is 5.56 Å². The van der Waals surface area contributed by atoms with Crippen LogP contribution in [-0.2, 0) is 19.6 Å². The molecule has 5 aromatic rings. The lowest BCUT2D eigenvalue weighted by atomic mass is 10.0. The quantitative estimate of drug-likeness (QED) is 0.433. The monoisotopic (exact) mass is 453 g/mol. The molecule has 3 aromatic heterocycles. The summed E-state index contributed by atoms with van der Waals surface area (Å²) < 4.78 is 42.8. The average molecular weight is 453 g/mol. The van der Waals surface area contributed by atoms with Crippen molar-refractivity contribution >= 4 is 21.9 Å². The van der Waals surface area contributed by atoms with Gasteiger partial charge >= 0.3 is 6.18 Å². The standard InChI is InChI=1S/C23H18F3N5O2/c1-30-21-17(12-27-30)20-18(19(28-21)14-3-2-4-15(11-14)23(24,25)26)22(33)31(29-20)16-7-5-13(6-8-16)9-10-32/h2-8,11-12,29,32H,9-10H2,1H3. The molecule has 0 bridgehead atoms. The van der Waals surface area contributed by atoms with E-state index in [1.165, 1.54) is 21.5 Å². The van der Waals surface area contributed by atoms with Gasteiger partial charge in [0.25, 0.3) is 5.56 Å². The number of nitrogens with one attached hydrogen (secondary N) is 1. The fourth-order valence-corrected chi connectivity index (χ4v) is 3.93. The van der Waals surface area contributed by atoms with E-state index in [0.29, 0.717) is 28.7 Å². The minimum Gasteiger partial charge on any atom is -0.396 e. The van der Waals surface area contributed by atoms with Crippen LogP contribution in [0.15, 0.2) is 59.5 Å². The van der Waals surface area contributed by atoms with Crippen LogP contribution >= 0.6 is 0 Å². The van der Waals surface area contributed by atoms with Crippen LogP contribution in [0.3, 0.4) is 0 Å². The number of benzene rings is 2. The number of H-pyrrole nitrogens is 1. The Labute approximate surface area is 184 Å². The van der Waals surface area contributed by atoms with Gasteiger partial charge in [-0.05, 0) is 36.2 Å². The Hall–Kier alpha value is -3.92. The van der Waals surface area contributed by atoms with Gasteiger partial charge in [-0.15, -0.1) is 0 Å². The van der Waals surface area contributed by atoms with Crippen LogP contribution in [0.2, 0.25) is 0 Å². The number of aliphatic hydroxyl groups is 1. The molecule has 33 heavy (non-hydrogen) atoms. The van der Waals surface area contributed by atoms with Gasteiger partial charge in [-0.25, -0.2) is 9.67 Å². The van der Waals surface area contributed by atoms with Crippen molar-refractivity contribution in [2.45, 2.75) is 12.6 Å². The van der Waals surface area contributed by atoms with E-state index in [9.17, 15) is 18.0 Å². The van der Waals surface area contributed by atoms with Crippen molar-refractivity contribution in [2.75, 3.05) is 6.61 Å². The van der Waals surface area contributed by atoms with Gasteiger partial charge in [-0.1, -0.05) is 24.3 Å². The number of hydrogen-bond donors (Lipinski definition) is 2. The maximum Gasteiger partial charge on any atom is 0.416 e. The van der Waals surface area contributed by atoms with Gasteiger partial charge in [0.1, 0.15) is 0 Å². The third-order valence-electron chi connectivity index (χ3n) is 5.58. The van der Waals surface area contributed by atoms with Gasteiger partial charge in [-0.3, -0.25) is 14.6 Å². The van der Waals surface area contributed by atoms with Gasteiger partial charge in [0.15, 0.2) is 5.65 Å². The summed E-state index contributed by atoms with van der Waals surface area (Å²) in [6.07, 6.45) is -2.48. The highest BCUT2D eigenvalue weighted by atomic mass is 19.4. The van der Waals surface area contributed by atoms with Crippen LogP contribution in [0.1, 0.15) is 11.1 Å². The van der Waals surface area contributed by atoms with E-state index in [1.54, 1.807) is 37.5 Å². The Morgan fingerprint density at radius 1 is 1.12 bits per heavy atom. The van der Waals surface area contributed by atoms with Crippen LogP contribution in [0.25, 0.3) is 38.9 Å². The number of alkyl halides is 3. The second kappa shape index (κ2) is 7.59. The number of nitrogens with zero attached hydrogens (tertiary/aromatic N) is 4. The van der Waals surface area contributed by atoms with Crippen LogP contribution in [-0.4, -0.2) is 36.3 Å². The first-order valence-electron chi connectivity index (χ1n) is 10.1. The van der Waals surface area contributed by atoms with Crippen molar-refractivity contribution < 1.29 is 18.3 Å². The maximum absolute atomic E-state index is 13.5. The summed E-state index contributed by atoms with van der Waals surface area (Å²) in [6.45, 7) is 0.0106. The smallest absolute Gasteiger partial charge is 0.396 e. The summed E-state index contributed by atoms with van der Waals surface area (Å²) in [4.78, 5) is 18.0. The molecule has 7 nitrogen and oxygen atoms in total. The predicted octanol–water partition coefficient (Wildman–Crippen LogP) is 3.82. The summed E-state index contributed by atoms with van der Waals surface area (Å²) in [6, 6.07) is 11.8. The zero-order valence-corrected chi connectivity index (χ0v) is 17.4. The van der Waals surface area contributed by atoms with Gasteiger partial charge in [0.05, 0.1) is 39.4 Å². The molecule has 2 aromatic carbocycles. The molecule has 10 heteroatoms. The highest BCUT2D eigenvalue weighted by Crippen LogP contribution is 2.34. The number of hydrogen-bond acceptors (Lipinski definition) is 4. The lowest BCUT2D eigenvalue weighted by Crippen LogP contribution is -2.15. The van der Waals surface area contributed by atoms with E-state index in [4.69, 9.17) is 5.11 Å². The third kappa shape index (κ3) is 3.48. The van der Waals surface area contributed by atoms with Gasteiger partial charge in [0, 0.05) is 19.2 Å². The molecule has 0 unspecified atom stereocenters. The molecule has 0 radical (unpaired) electrons. The molecule has 0 aliphatic heterocycles. The van der Waals surface area contributed by atoms with E-state index in [2.05, 4.69) is 15.2 Å². The largest absolute Gasteiger partial charge is 0.416 e. The van der Waals surface area contributed by atoms with Crippen molar-refractivity contribution in [3.8, 4) is 16.9 Å². The molecule has 0 spiro atoms. The summed E-state index contributed by atoms with van der Waals surface area (Å²) >= 11 is 0. The number of rotatable bonds is 4. The summed E-state index contributed by atoms with van der Waals surface area (Å²) in [5, 5.41) is 17.1. The van der Waals surface area contributed by atoms with Gasteiger partial charge in [0.2, 0.25) is 0 Å². The molecule has 0 aliphatic carbocycles. The molecule has 3 heterocycles. The fourth-order valence-electron chi connectivity index (χ4n) is 3.93. The average Bonchev–Trinajstić information content (AvgIpc) is 3.34. The second-order valence-corrected chi connectivity index (χ2v) is 7.69. The Balaban J connectivity index is 1.79. The van der Waals surface area contributed by atoms with E-state index in [0.717, 1.165) is 17.7 Å². The third-order valence-corrected chi connectivity index (χ3v) is 5.58. The maximum atomic E-state index is 13.5. The molecule has 2 N–H and O–H groups in total. The molecule has 0 amide bonds. The summed E-state index contributed by atoms with van der Waals surface area (Å²) in [5.41, 5.74) is 1.38. The topological polar surface area (TPSA) is 88.7 Å². The lowest BCUT2D eigenvalue weighted by molar-refractivity contribution is -0.137. The van der Waals surface area contributed by atoms with Crippen molar-refractivity contribution in [3.63, 3.8) is 0 Å². The molecule has 0 saturated heterocycles. The fraction of sp³-hybridized carbons (Fsp3) is 0.174. The van der Waals surface area contributed by atoms with E-state index in [-0.39, 0.29) is 23.3 Å². The number of pyridine rings is 1. The number of aromatic nitrogens is 5. The number of aromatic amines is 1. The van der Waals surface area contributed by atoms with E-state index in [1.807, 2.05) is 0 Å². The van der Waals surface area contributed by atoms with E-state index >= 15 is 0 Å². The molecule has 0 saturated carbocycles. The Bertz CT molecular complexity index is 1550. The summed E-state index contributed by atoms with van der Waals surface area (Å²) in [5.74, 6) is 0. The Morgan fingerprint density at radius 3 is 2.58 bits per heavy atom. The zero-order valence-electron chi connectivity index (χ0n) is 17.4. The zero-order chi connectivity index (χ0) is 23.3. The van der Waals surface area contributed by atoms with Crippen molar-refractivity contribution in [2.24, 2.45) is 7.05 Å².